The Morgan fingerprint density at radius 1 is 0.920 bits per heavy atom. The number of amides is 1. The predicted octanol–water partition coefficient (Wildman–Crippen LogP) is 7.87. The number of carbonyl (C=O) groups is 1. The van der Waals surface area contributed by atoms with E-state index in [1.165, 1.54) is 0 Å². The van der Waals surface area contributed by atoms with Gasteiger partial charge in [0.15, 0.2) is 0 Å². The SMILES string of the molecule is CN(C)c1ccc2cc(CC(=O)NCCCCCOc3cccc(NCC(O)Cn4c5ccc(Br)cc5c5cc(Br)ccc54)c3)c(=O)oc2c1. The van der Waals surface area contributed by atoms with E-state index in [-0.39, 0.29) is 12.3 Å². The Morgan fingerprint density at radius 2 is 1.66 bits per heavy atom. The van der Waals surface area contributed by atoms with Crippen molar-refractivity contribution in [3.8, 4) is 5.75 Å². The number of nitrogens with one attached hydrogen (secondary N) is 2. The molecule has 0 aliphatic heterocycles. The molecule has 2 heterocycles. The van der Waals surface area contributed by atoms with Crippen LogP contribution in [0, 0.1) is 0 Å². The molecule has 0 saturated heterocycles. The van der Waals surface area contributed by atoms with E-state index in [9.17, 15) is 14.7 Å². The fourth-order valence-electron chi connectivity index (χ4n) is 6.05. The van der Waals surface area contributed by atoms with Gasteiger partial charge in [0.2, 0.25) is 5.91 Å². The summed E-state index contributed by atoms with van der Waals surface area (Å²) in [6, 6.07) is 27.6. The van der Waals surface area contributed by atoms with Gasteiger partial charge in [-0.2, -0.15) is 0 Å². The van der Waals surface area contributed by atoms with E-state index in [1.807, 2.05) is 73.6 Å². The standard InChI is InChI=1S/C39H40Br2N4O5/c1-44(2)30-12-9-25-17-26(39(48)50-37(25)22-30)18-38(47)42-15-4-3-5-16-49-32-8-6-7-29(21-32)43-23-31(46)24-45-35-13-10-27(40)19-33(35)34-20-28(41)11-14-36(34)45/h6-14,17,19-22,31,43,46H,3-5,15-16,18,23-24H2,1-2H3,(H,42,47). The fourth-order valence-corrected chi connectivity index (χ4v) is 6.78. The molecule has 11 heteroatoms. The van der Waals surface area contributed by atoms with E-state index in [2.05, 4.69) is 71.3 Å². The van der Waals surface area contributed by atoms with Crippen molar-refractivity contribution in [3.63, 3.8) is 0 Å². The summed E-state index contributed by atoms with van der Waals surface area (Å²) in [6.45, 7) is 1.90. The number of rotatable bonds is 15. The summed E-state index contributed by atoms with van der Waals surface area (Å²) in [5, 5.41) is 20.3. The topological polar surface area (TPSA) is 109 Å². The number of nitrogens with zero attached hydrogens (tertiary/aromatic N) is 2. The zero-order valence-electron chi connectivity index (χ0n) is 28.0. The van der Waals surface area contributed by atoms with Crippen molar-refractivity contribution in [2.24, 2.45) is 0 Å². The number of hydrogen-bond acceptors (Lipinski definition) is 7. The number of ether oxygens (including phenoxy) is 1. The minimum atomic E-state index is -0.618. The number of benzene rings is 4. The van der Waals surface area contributed by atoms with Gasteiger partial charge in [-0.25, -0.2) is 4.79 Å². The van der Waals surface area contributed by atoms with Crippen LogP contribution in [0.25, 0.3) is 32.8 Å². The van der Waals surface area contributed by atoms with Gasteiger partial charge < -0.3 is 34.4 Å². The molecule has 0 aliphatic carbocycles. The van der Waals surface area contributed by atoms with Crippen LogP contribution in [0.5, 0.6) is 5.75 Å². The molecule has 4 aromatic carbocycles. The highest BCUT2D eigenvalue weighted by atomic mass is 79.9. The van der Waals surface area contributed by atoms with Gasteiger partial charge in [0.25, 0.3) is 0 Å². The average molecular weight is 805 g/mol. The van der Waals surface area contributed by atoms with Gasteiger partial charge >= 0.3 is 5.63 Å². The number of hydrogen-bond donors (Lipinski definition) is 3. The summed E-state index contributed by atoms with van der Waals surface area (Å²) in [5.74, 6) is 0.548. The lowest BCUT2D eigenvalue weighted by Crippen LogP contribution is -2.28. The molecule has 0 bridgehead atoms. The van der Waals surface area contributed by atoms with E-state index < -0.39 is 11.7 Å². The third-order valence-corrected chi connectivity index (χ3v) is 9.62. The second-order valence-electron chi connectivity index (χ2n) is 12.6. The van der Waals surface area contributed by atoms with Crippen molar-refractivity contribution in [2.75, 3.05) is 44.0 Å². The Kier molecular flexibility index (Phi) is 11.5. The van der Waals surface area contributed by atoms with Crippen LogP contribution in [-0.2, 0) is 17.8 Å². The quantitative estimate of drug-likeness (QED) is 0.0717. The van der Waals surface area contributed by atoms with Crippen molar-refractivity contribution < 1.29 is 19.1 Å². The van der Waals surface area contributed by atoms with Crippen molar-refractivity contribution in [3.05, 3.63) is 110 Å². The molecular weight excluding hydrogens is 764 g/mol. The molecule has 260 valence electrons. The molecule has 6 rings (SSSR count). The van der Waals surface area contributed by atoms with Gasteiger partial charge in [-0.1, -0.05) is 37.9 Å². The van der Waals surface area contributed by atoms with Crippen LogP contribution in [-0.4, -0.2) is 55.5 Å². The maximum absolute atomic E-state index is 12.5. The zero-order chi connectivity index (χ0) is 35.2. The average Bonchev–Trinajstić information content (AvgIpc) is 3.38. The maximum atomic E-state index is 12.5. The third-order valence-electron chi connectivity index (χ3n) is 8.63. The van der Waals surface area contributed by atoms with Crippen molar-refractivity contribution >= 4 is 81.9 Å². The van der Waals surface area contributed by atoms with Crippen LogP contribution in [0.2, 0.25) is 0 Å². The Hall–Kier alpha value is -4.32. The van der Waals surface area contributed by atoms with E-state index in [0.717, 1.165) is 72.5 Å². The van der Waals surface area contributed by atoms with E-state index in [4.69, 9.17) is 9.15 Å². The largest absolute Gasteiger partial charge is 0.494 e. The minimum absolute atomic E-state index is 0.0191. The summed E-state index contributed by atoms with van der Waals surface area (Å²) in [5.41, 5.74) is 4.32. The molecule has 6 aromatic rings. The monoisotopic (exact) mass is 802 g/mol. The number of carbonyl (C=O) groups excluding carboxylic acids is 1. The lowest BCUT2D eigenvalue weighted by atomic mass is 10.1. The third kappa shape index (κ3) is 8.69. The van der Waals surface area contributed by atoms with Crippen LogP contribution < -0.4 is 25.9 Å². The molecule has 0 spiro atoms. The molecule has 0 radical (unpaired) electrons. The van der Waals surface area contributed by atoms with Gasteiger partial charge in [0.05, 0.1) is 25.7 Å². The Balaban J connectivity index is 0.913. The normalized spacial score (nSPS) is 12.0. The second kappa shape index (κ2) is 16.1. The lowest BCUT2D eigenvalue weighted by molar-refractivity contribution is -0.120. The molecule has 0 fully saturated rings. The van der Waals surface area contributed by atoms with Gasteiger partial charge in [-0.3, -0.25) is 4.79 Å². The van der Waals surface area contributed by atoms with Crippen LogP contribution in [0.15, 0.2) is 103 Å². The summed E-state index contributed by atoms with van der Waals surface area (Å²) in [6.07, 6.45) is 1.88. The highest BCUT2D eigenvalue weighted by Gasteiger charge is 2.15. The van der Waals surface area contributed by atoms with E-state index in [1.54, 1.807) is 6.07 Å². The molecule has 9 nitrogen and oxygen atoms in total. The number of fused-ring (bicyclic) bond motifs is 4. The van der Waals surface area contributed by atoms with Crippen LogP contribution in [0.4, 0.5) is 11.4 Å². The summed E-state index contributed by atoms with van der Waals surface area (Å²) >= 11 is 7.18. The van der Waals surface area contributed by atoms with Crippen LogP contribution in [0.1, 0.15) is 24.8 Å². The highest BCUT2D eigenvalue weighted by molar-refractivity contribution is 9.10. The number of anilines is 2. The van der Waals surface area contributed by atoms with Gasteiger partial charge in [-0.05, 0) is 86.0 Å². The smallest absolute Gasteiger partial charge is 0.339 e. The second-order valence-corrected chi connectivity index (χ2v) is 14.4. The van der Waals surface area contributed by atoms with Gasteiger partial charge in [-0.15, -0.1) is 0 Å². The molecule has 1 unspecified atom stereocenters. The fraction of sp³-hybridized carbons (Fsp3) is 0.282. The lowest BCUT2D eigenvalue weighted by Gasteiger charge is -2.16. The highest BCUT2D eigenvalue weighted by Crippen LogP contribution is 2.33. The van der Waals surface area contributed by atoms with Crippen molar-refractivity contribution in [1.29, 1.82) is 0 Å². The zero-order valence-corrected chi connectivity index (χ0v) is 31.2. The Bertz CT molecular complexity index is 2140. The number of aliphatic hydroxyl groups is 1. The van der Waals surface area contributed by atoms with Crippen LogP contribution in [0.3, 0.4) is 0 Å². The number of aliphatic hydroxyl groups excluding tert-OH is 1. The first-order valence-electron chi connectivity index (χ1n) is 16.7. The Labute approximate surface area is 307 Å². The number of aromatic nitrogens is 1. The molecule has 1 amide bonds. The molecule has 50 heavy (non-hydrogen) atoms. The van der Waals surface area contributed by atoms with Crippen molar-refractivity contribution in [1.82, 2.24) is 9.88 Å². The first kappa shape index (κ1) is 35.5. The van der Waals surface area contributed by atoms with E-state index >= 15 is 0 Å². The summed E-state index contributed by atoms with van der Waals surface area (Å²) < 4.78 is 15.7. The van der Waals surface area contributed by atoms with Crippen LogP contribution >= 0.6 is 31.9 Å². The predicted molar refractivity (Wildman–Crippen MR) is 209 cm³/mol. The molecule has 2 aromatic heterocycles. The Morgan fingerprint density at radius 3 is 2.38 bits per heavy atom. The summed E-state index contributed by atoms with van der Waals surface area (Å²) in [4.78, 5) is 26.9. The molecule has 0 aliphatic rings. The van der Waals surface area contributed by atoms with Gasteiger partial charge in [0.1, 0.15) is 11.3 Å². The number of halogens is 2. The van der Waals surface area contributed by atoms with E-state index in [0.29, 0.717) is 37.4 Å². The molecule has 1 atom stereocenters. The minimum Gasteiger partial charge on any atom is -0.494 e. The summed E-state index contributed by atoms with van der Waals surface area (Å²) in [7, 11) is 3.84. The van der Waals surface area contributed by atoms with Gasteiger partial charge in [0, 0.05) is 92.4 Å². The molecule has 0 saturated carbocycles. The first-order valence-corrected chi connectivity index (χ1v) is 18.3. The number of unbranched alkanes of at least 4 members (excludes halogenated alkanes) is 2. The maximum Gasteiger partial charge on any atom is 0.339 e. The molecule has 3 N–H and O–H groups in total. The molecular formula is C39H40Br2N4O5. The van der Waals surface area contributed by atoms with Crippen molar-refractivity contribution in [2.45, 2.75) is 38.3 Å². The first-order chi connectivity index (χ1) is 24.1.